The summed E-state index contributed by atoms with van der Waals surface area (Å²) in [7, 11) is -2.99. The maximum absolute atomic E-state index is 12.7. The highest BCUT2D eigenvalue weighted by molar-refractivity contribution is 7.80. The monoisotopic (exact) mass is 492 g/mol. The summed E-state index contributed by atoms with van der Waals surface area (Å²) >= 11 is 5.40. The Hall–Kier alpha value is -2.95. The molecule has 33 heavy (non-hydrogen) atoms. The van der Waals surface area contributed by atoms with Gasteiger partial charge in [0.15, 0.2) is 5.96 Å². The van der Waals surface area contributed by atoms with Gasteiger partial charge in [0.25, 0.3) is 0 Å². The highest BCUT2D eigenvalue weighted by Gasteiger charge is 2.47. The predicted octanol–water partition coefficient (Wildman–Crippen LogP) is 2.84. The average Bonchev–Trinajstić information content (AvgIpc) is 2.75. The van der Waals surface area contributed by atoms with E-state index in [9.17, 15) is 14.5 Å². The summed E-state index contributed by atoms with van der Waals surface area (Å²) in [5, 5.41) is 12.6. The van der Waals surface area contributed by atoms with E-state index >= 15 is 0 Å². The Kier molecular flexibility index (Phi) is 9.39. The van der Waals surface area contributed by atoms with Gasteiger partial charge in [-0.05, 0) is 23.3 Å². The van der Waals surface area contributed by atoms with Crippen molar-refractivity contribution in [3.8, 4) is 0 Å². The number of thiocarbonyl (C=S) groups is 1. The molecule has 0 bridgehead atoms. The Morgan fingerprint density at radius 2 is 1.88 bits per heavy atom. The van der Waals surface area contributed by atoms with Gasteiger partial charge in [-0.25, -0.2) is 9.79 Å². The maximum atomic E-state index is 12.7. The number of benzene rings is 2. The molecule has 0 saturated heterocycles. The number of hydrogen-bond donors (Lipinski definition) is 5. The Balaban J connectivity index is 2.15. The molecule has 8 N–H and O–H groups in total. The first-order valence-corrected chi connectivity index (χ1v) is 11.4. The average molecular weight is 493 g/mol. The van der Waals surface area contributed by atoms with Crippen LogP contribution in [-0.2, 0) is 25.0 Å². The van der Waals surface area contributed by atoms with Gasteiger partial charge in [0, 0.05) is 17.0 Å². The summed E-state index contributed by atoms with van der Waals surface area (Å²) < 4.78 is 23.4. The highest BCUT2D eigenvalue weighted by Crippen LogP contribution is 2.39. The van der Waals surface area contributed by atoms with E-state index in [0.29, 0.717) is 12.2 Å². The van der Waals surface area contributed by atoms with Crippen LogP contribution in [0.15, 0.2) is 59.6 Å². The summed E-state index contributed by atoms with van der Waals surface area (Å²) in [6.07, 6.45) is -1.62. The zero-order chi connectivity index (χ0) is 24.6. The first kappa shape index (κ1) is 26.3. The van der Waals surface area contributed by atoms with E-state index in [2.05, 4.69) is 10.3 Å². The van der Waals surface area contributed by atoms with Crippen LogP contribution in [-0.4, -0.2) is 27.7 Å². The molecule has 3 atom stereocenters. The van der Waals surface area contributed by atoms with Gasteiger partial charge in [0.2, 0.25) is 11.8 Å². The summed E-state index contributed by atoms with van der Waals surface area (Å²) in [6.45, 7) is 3.84. The molecule has 0 aromatic heterocycles. The molecule has 176 valence electrons. The van der Waals surface area contributed by atoms with E-state index in [4.69, 9.17) is 38.5 Å². The maximum Gasteiger partial charge on any atom is 0.701 e. The van der Waals surface area contributed by atoms with Crippen molar-refractivity contribution in [1.29, 1.82) is 0 Å². The van der Waals surface area contributed by atoms with E-state index < -0.39 is 32.0 Å². The third-order valence-corrected chi connectivity index (χ3v) is 5.88. The molecule has 0 radical (unpaired) electrons. The number of guanidine groups is 1. The Morgan fingerprint density at radius 1 is 1.21 bits per heavy atom. The van der Waals surface area contributed by atoms with Crippen molar-refractivity contribution < 1.29 is 23.5 Å². The molecule has 12 heteroatoms. The molecule has 0 saturated carbocycles. The van der Waals surface area contributed by atoms with Crippen LogP contribution in [0.4, 0.5) is 5.69 Å². The third kappa shape index (κ3) is 7.55. The topological polar surface area (TPSA) is 175 Å². The highest BCUT2D eigenvalue weighted by atomic mass is 32.1. The molecule has 10 nitrogen and oxygen atoms in total. The zero-order valence-corrected chi connectivity index (χ0v) is 19.9. The second-order valence-corrected chi connectivity index (χ2v) is 8.64. The summed E-state index contributed by atoms with van der Waals surface area (Å²) in [5.41, 5.74) is 16.8. The Labute approximate surface area is 198 Å². The number of carboxylic acids is 1. The molecule has 0 heterocycles. The molecule has 0 aliphatic rings. The van der Waals surface area contributed by atoms with Crippen molar-refractivity contribution in [2.75, 3.05) is 0 Å². The van der Waals surface area contributed by atoms with Crippen molar-refractivity contribution in [3.05, 3.63) is 65.7 Å². The van der Waals surface area contributed by atoms with Crippen molar-refractivity contribution in [2.24, 2.45) is 28.1 Å². The van der Waals surface area contributed by atoms with Crippen LogP contribution in [0.25, 0.3) is 0 Å². The predicted molar refractivity (Wildman–Crippen MR) is 130 cm³/mol. The van der Waals surface area contributed by atoms with Gasteiger partial charge in [-0.1, -0.05) is 77.6 Å². The normalized spacial score (nSPS) is 14.1. The molecule has 0 aliphatic carbocycles. The van der Waals surface area contributed by atoms with Gasteiger partial charge >= 0.3 is 14.2 Å². The number of nitrogens with zero attached hydrogens (tertiary/aromatic N) is 1. The number of aliphatic imine (C=N–C) groups is 1. The molecule has 0 aliphatic heterocycles. The van der Waals surface area contributed by atoms with Gasteiger partial charge < -0.3 is 21.9 Å². The van der Waals surface area contributed by atoms with Crippen LogP contribution in [0.2, 0.25) is 0 Å². The number of carboxylic acid groups (broad SMARTS) is 1. The van der Waals surface area contributed by atoms with Crippen LogP contribution in [0, 0.1) is 5.92 Å². The van der Waals surface area contributed by atoms with Crippen LogP contribution in [0.5, 0.6) is 0 Å². The number of nitrogens with two attached hydrogens (primary N) is 3. The minimum absolute atomic E-state index is 0.106. The fraction of sp³-hybridized carbons (Fsp3) is 0.286. The molecule has 0 fully saturated rings. The molecule has 2 aromatic carbocycles. The third-order valence-electron chi connectivity index (χ3n) is 4.58. The molecule has 0 amide bonds. The van der Waals surface area contributed by atoms with Crippen molar-refractivity contribution >= 4 is 43.1 Å². The van der Waals surface area contributed by atoms with Gasteiger partial charge in [-0.15, -0.1) is 0 Å². The lowest BCUT2D eigenvalue weighted by atomic mass is 10.0. The van der Waals surface area contributed by atoms with Crippen molar-refractivity contribution in [1.82, 2.24) is 5.32 Å². The SMILES string of the molecule is CC(C)C(N)(O[P+](=O)OC(C(=O)O)c1cccc(N=C(N)N)c1)C(=S)NCc1ccccc1. The molecule has 0 spiro atoms. The summed E-state index contributed by atoms with van der Waals surface area (Å²) in [5.74, 6) is -2.00. The fourth-order valence-electron chi connectivity index (χ4n) is 2.71. The fourth-order valence-corrected chi connectivity index (χ4v) is 4.10. The van der Waals surface area contributed by atoms with E-state index in [1.54, 1.807) is 19.9 Å². The molecule has 2 rings (SSSR count). The molecule has 3 unspecified atom stereocenters. The molecule has 2 aromatic rings. The van der Waals surface area contributed by atoms with Gasteiger partial charge in [0.05, 0.1) is 5.69 Å². The van der Waals surface area contributed by atoms with Crippen LogP contribution >= 0.6 is 20.5 Å². The van der Waals surface area contributed by atoms with E-state index in [-0.39, 0.29) is 16.5 Å². The van der Waals surface area contributed by atoms with E-state index in [1.165, 1.54) is 18.2 Å². The second kappa shape index (κ2) is 11.8. The first-order chi connectivity index (χ1) is 15.5. The number of carbonyl (C=O) groups is 1. The zero-order valence-electron chi connectivity index (χ0n) is 18.2. The Morgan fingerprint density at radius 3 is 2.45 bits per heavy atom. The lowest BCUT2D eigenvalue weighted by molar-refractivity contribution is -0.145. The smallest absolute Gasteiger partial charge is 0.479 e. The van der Waals surface area contributed by atoms with Crippen LogP contribution < -0.4 is 22.5 Å². The lowest BCUT2D eigenvalue weighted by Gasteiger charge is -2.28. The van der Waals surface area contributed by atoms with Crippen LogP contribution in [0.3, 0.4) is 0 Å². The van der Waals surface area contributed by atoms with Crippen LogP contribution in [0.1, 0.15) is 31.1 Å². The summed E-state index contributed by atoms with van der Waals surface area (Å²) in [6, 6.07) is 15.4. The van der Waals surface area contributed by atoms with Crippen molar-refractivity contribution in [2.45, 2.75) is 32.2 Å². The minimum Gasteiger partial charge on any atom is -0.479 e. The van der Waals surface area contributed by atoms with E-state index in [1.807, 2.05) is 30.3 Å². The number of rotatable bonds is 11. The number of nitrogens with one attached hydrogen (secondary N) is 1. The quantitative estimate of drug-likeness (QED) is 0.103. The largest absolute Gasteiger partial charge is 0.701 e. The molecular formula is C21H27N5O5PS+. The summed E-state index contributed by atoms with van der Waals surface area (Å²) in [4.78, 5) is 15.8. The minimum atomic E-state index is -2.99. The Bertz CT molecular complexity index is 1030. The van der Waals surface area contributed by atoms with E-state index in [0.717, 1.165) is 5.56 Å². The van der Waals surface area contributed by atoms with Gasteiger partial charge in [-0.2, -0.15) is 0 Å². The number of aliphatic carboxylic acids is 1. The van der Waals surface area contributed by atoms with Crippen molar-refractivity contribution in [3.63, 3.8) is 0 Å². The van der Waals surface area contributed by atoms with Gasteiger partial charge in [-0.3, -0.25) is 5.73 Å². The van der Waals surface area contributed by atoms with Gasteiger partial charge in [0.1, 0.15) is 4.99 Å². The first-order valence-electron chi connectivity index (χ1n) is 9.89. The number of hydrogen-bond acceptors (Lipinski definition) is 7. The molecular weight excluding hydrogens is 465 g/mol. The second-order valence-electron chi connectivity index (χ2n) is 7.39. The standard InChI is InChI=1S/C21H26N5O5PS/c1-13(2)21(24,19(33)25-12-14-7-4-3-5-8-14)31-32(29)30-17(18(27)28)15-9-6-10-16(11-15)26-20(22)23/h3-11,13,17H,12,24H2,1-2H3,(H5-,22,23,25,26,27,28,33)/p+1. The lowest BCUT2D eigenvalue weighted by Crippen LogP contribution is -2.57.